The Hall–Kier alpha value is -1.40. The molecule has 3 rings (SSSR count). The molecule has 1 aliphatic rings. The SMILES string of the molecule is CC1CN(c2c(/C=N/SC(C)(C)C)cc(Cl)c3c(C#N)ncn23)CC[S+]1[O-]. The van der Waals surface area contributed by atoms with Gasteiger partial charge in [0.15, 0.2) is 5.69 Å². The molecule has 2 unspecified atom stereocenters. The molecule has 0 bridgehead atoms. The molecule has 0 saturated carbocycles. The van der Waals surface area contributed by atoms with Crippen molar-refractivity contribution in [3.05, 3.63) is 28.7 Å². The zero-order chi connectivity index (χ0) is 19.8. The van der Waals surface area contributed by atoms with Crippen LogP contribution in [0.5, 0.6) is 0 Å². The maximum atomic E-state index is 12.1. The van der Waals surface area contributed by atoms with Gasteiger partial charge in [-0.15, -0.1) is 0 Å². The molecule has 0 spiro atoms. The van der Waals surface area contributed by atoms with Crippen LogP contribution in [0, 0.1) is 11.3 Å². The lowest BCUT2D eigenvalue weighted by atomic mass is 10.2. The lowest BCUT2D eigenvalue weighted by Crippen LogP contribution is -2.46. The van der Waals surface area contributed by atoms with Crippen molar-refractivity contribution in [2.45, 2.75) is 37.7 Å². The van der Waals surface area contributed by atoms with Gasteiger partial charge in [0.1, 0.15) is 34.7 Å². The average molecular weight is 424 g/mol. The number of anilines is 1. The minimum Gasteiger partial charge on any atom is -0.616 e. The van der Waals surface area contributed by atoms with Crippen molar-refractivity contribution in [1.82, 2.24) is 9.38 Å². The smallest absolute Gasteiger partial charge is 0.167 e. The summed E-state index contributed by atoms with van der Waals surface area (Å²) in [5.74, 6) is 1.49. The standard InChI is InChI=1S/C18H22ClN5OS2/c1-12-10-23(5-6-27(12)25)17-13(9-22-26-18(2,3)4)7-14(19)16-15(8-20)21-11-24(16)17/h7,9,11-12H,5-6,10H2,1-4H3/b22-9+. The largest absolute Gasteiger partial charge is 0.616 e. The fourth-order valence-corrected chi connectivity index (χ4v) is 4.91. The topological polar surface area (TPSA) is 79.8 Å². The highest BCUT2D eigenvalue weighted by Gasteiger charge is 2.30. The summed E-state index contributed by atoms with van der Waals surface area (Å²) < 4.78 is 18.5. The van der Waals surface area contributed by atoms with E-state index in [-0.39, 0.29) is 10.00 Å². The normalized spacial score (nSPS) is 21.1. The van der Waals surface area contributed by atoms with Gasteiger partial charge in [-0.2, -0.15) is 5.26 Å². The number of nitriles is 1. The molecule has 3 heterocycles. The molecule has 1 saturated heterocycles. The molecule has 0 radical (unpaired) electrons. The van der Waals surface area contributed by atoms with Crippen molar-refractivity contribution >= 4 is 52.3 Å². The second-order valence-corrected chi connectivity index (χ2v) is 11.5. The number of rotatable bonds is 3. The molecule has 2 atom stereocenters. The third-order valence-electron chi connectivity index (χ3n) is 4.17. The van der Waals surface area contributed by atoms with Gasteiger partial charge in [0.05, 0.1) is 18.1 Å². The maximum absolute atomic E-state index is 12.1. The molecule has 27 heavy (non-hydrogen) atoms. The number of nitrogens with zero attached hydrogens (tertiary/aromatic N) is 5. The minimum atomic E-state index is -0.820. The highest BCUT2D eigenvalue weighted by molar-refractivity contribution is 7.99. The Morgan fingerprint density at radius 3 is 2.89 bits per heavy atom. The quantitative estimate of drug-likeness (QED) is 0.427. The Morgan fingerprint density at radius 2 is 2.26 bits per heavy atom. The second-order valence-electron chi connectivity index (χ2n) is 7.47. The van der Waals surface area contributed by atoms with E-state index in [1.165, 1.54) is 11.9 Å². The van der Waals surface area contributed by atoms with Crippen LogP contribution in [0.15, 0.2) is 16.8 Å². The van der Waals surface area contributed by atoms with E-state index in [4.69, 9.17) is 11.6 Å². The van der Waals surface area contributed by atoms with E-state index < -0.39 is 11.2 Å². The predicted molar refractivity (Wildman–Crippen MR) is 115 cm³/mol. The third kappa shape index (κ3) is 4.37. The number of hydrogen-bond acceptors (Lipinski definition) is 6. The Kier molecular flexibility index (Phi) is 5.96. The van der Waals surface area contributed by atoms with E-state index in [1.807, 2.05) is 17.4 Å². The van der Waals surface area contributed by atoms with E-state index in [1.54, 1.807) is 12.5 Å². The van der Waals surface area contributed by atoms with Gasteiger partial charge in [-0.05, 0) is 56.9 Å². The number of aromatic nitrogens is 2. The molecule has 144 valence electrons. The highest BCUT2D eigenvalue weighted by atomic mass is 35.5. The van der Waals surface area contributed by atoms with Crippen molar-refractivity contribution in [3.8, 4) is 6.07 Å². The number of pyridine rings is 1. The Morgan fingerprint density at radius 1 is 1.52 bits per heavy atom. The summed E-state index contributed by atoms with van der Waals surface area (Å²) in [6.07, 6.45) is 3.43. The van der Waals surface area contributed by atoms with Gasteiger partial charge in [0.25, 0.3) is 0 Å². The van der Waals surface area contributed by atoms with Crippen LogP contribution in [0.2, 0.25) is 5.02 Å². The number of halogens is 1. The molecule has 0 N–H and O–H groups in total. The molecule has 0 aliphatic carbocycles. The lowest BCUT2D eigenvalue weighted by Gasteiger charge is -2.35. The summed E-state index contributed by atoms with van der Waals surface area (Å²) in [4.78, 5) is 6.39. The summed E-state index contributed by atoms with van der Waals surface area (Å²) in [5, 5.41) is 9.89. The summed E-state index contributed by atoms with van der Waals surface area (Å²) in [6, 6.07) is 3.93. The van der Waals surface area contributed by atoms with E-state index >= 15 is 0 Å². The molecule has 6 nitrogen and oxygen atoms in total. The first-order chi connectivity index (χ1) is 12.7. The molecule has 1 fully saturated rings. The fourth-order valence-electron chi connectivity index (χ4n) is 2.98. The van der Waals surface area contributed by atoms with E-state index in [9.17, 15) is 9.81 Å². The third-order valence-corrected chi connectivity index (χ3v) is 6.85. The van der Waals surface area contributed by atoms with Crippen molar-refractivity contribution in [2.75, 3.05) is 23.7 Å². The summed E-state index contributed by atoms with van der Waals surface area (Å²) in [7, 11) is 0. The van der Waals surface area contributed by atoms with E-state index in [0.29, 0.717) is 35.1 Å². The van der Waals surface area contributed by atoms with Gasteiger partial charge in [-0.3, -0.25) is 4.40 Å². The predicted octanol–water partition coefficient (Wildman–Crippen LogP) is 3.68. The van der Waals surface area contributed by atoms with Gasteiger partial charge in [0, 0.05) is 16.5 Å². The number of imidazole rings is 1. The molecular weight excluding hydrogens is 402 g/mol. The number of fused-ring (bicyclic) bond motifs is 1. The Labute approximate surface area is 171 Å². The maximum Gasteiger partial charge on any atom is 0.167 e. The Bertz CT molecular complexity index is 915. The van der Waals surface area contributed by atoms with E-state index in [0.717, 1.165) is 11.4 Å². The highest BCUT2D eigenvalue weighted by Crippen LogP contribution is 2.32. The van der Waals surface area contributed by atoms with Crippen molar-refractivity contribution < 1.29 is 4.55 Å². The zero-order valence-corrected chi connectivity index (χ0v) is 18.2. The van der Waals surface area contributed by atoms with Crippen LogP contribution in [-0.2, 0) is 11.2 Å². The lowest BCUT2D eigenvalue weighted by molar-refractivity contribution is 0.567. The van der Waals surface area contributed by atoms with Crippen LogP contribution in [0.1, 0.15) is 39.0 Å². The average Bonchev–Trinajstić information content (AvgIpc) is 3.01. The first-order valence-electron chi connectivity index (χ1n) is 8.64. The van der Waals surface area contributed by atoms with Gasteiger partial charge in [-0.25, -0.2) is 9.38 Å². The van der Waals surface area contributed by atoms with Gasteiger partial charge >= 0.3 is 0 Å². The van der Waals surface area contributed by atoms with Gasteiger partial charge in [0.2, 0.25) is 0 Å². The number of hydrogen-bond donors (Lipinski definition) is 0. The van der Waals surface area contributed by atoms with Crippen LogP contribution in [0.3, 0.4) is 0 Å². The molecule has 0 amide bonds. The molecular formula is C18H22ClN5OS2. The van der Waals surface area contributed by atoms with Gasteiger partial charge in [-0.1, -0.05) is 11.6 Å². The van der Waals surface area contributed by atoms with Crippen molar-refractivity contribution in [2.24, 2.45) is 4.40 Å². The van der Waals surface area contributed by atoms with Crippen LogP contribution in [-0.4, -0.2) is 49.0 Å². The Balaban J connectivity index is 2.12. The fraction of sp³-hybridized carbons (Fsp3) is 0.500. The van der Waals surface area contributed by atoms with Crippen LogP contribution in [0.25, 0.3) is 5.52 Å². The van der Waals surface area contributed by atoms with Crippen molar-refractivity contribution in [1.29, 1.82) is 5.26 Å². The minimum absolute atomic E-state index is 0.00405. The second kappa shape index (κ2) is 7.92. The summed E-state index contributed by atoms with van der Waals surface area (Å²) >= 11 is 7.14. The van der Waals surface area contributed by atoms with Crippen molar-refractivity contribution in [3.63, 3.8) is 0 Å². The van der Waals surface area contributed by atoms with Crippen LogP contribution >= 0.6 is 23.5 Å². The van der Waals surface area contributed by atoms with Crippen LogP contribution in [0.4, 0.5) is 5.82 Å². The van der Waals surface area contributed by atoms with Crippen LogP contribution < -0.4 is 4.90 Å². The molecule has 1 aliphatic heterocycles. The molecule has 2 aromatic heterocycles. The summed E-state index contributed by atoms with van der Waals surface area (Å²) in [6.45, 7) is 9.62. The molecule has 9 heteroatoms. The first-order valence-corrected chi connectivity index (χ1v) is 11.2. The van der Waals surface area contributed by atoms with E-state index in [2.05, 4.69) is 41.1 Å². The summed E-state index contributed by atoms with van der Waals surface area (Å²) in [5.41, 5.74) is 1.74. The van der Waals surface area contributed by atoms with Gasteiger partial charge < -0.3 is 9.45 Å². The monoisotopic (exact) mass is 423 g/mol. The molecule has 0 aromatic carbocycles. The molecule has 2 aromatic rings. The first kappa shape index (κ1) is 20.3. The zero-order valence-electron chi connectivity index (χ0n) is 15.8.